The van der Waals surface area contributed by atoms with E-state index in [-0.39, 0.29) is 17.2 Å². The molecule has 2 amide bonds. The molecule has 1 aliphatic heterocycles. The van der Waals surface area contributed by atoms with Crippen LogP contribution in [0.4, 0.5) is 4.79 Å². The minimum Gasteiger partial charge on any atom is -0.450 e. The first-order chi connectivity index (χ1) is 12.5. The summed E-state index contributed by atoms with van der Waals surface area (Å²) in [6.45, 7) is 3.64. The molecule has 3 heterocycles. The fourth-order valence-corrected chi connectivity index (χ4v) is 5.41. The molecular weight excluding hydrogens is 388 g/mol. The number of carbonyl (C=O) groups is 2. The van der Waals surface area contributed by atoms with Gasteiger partial charge in [-0.1, -0.05) is 12.1 Å². The Hall–Kier alpha value is -2.03. The van der Waals surface area contributed by atoms with E-state index >= 15 is 0 Å². The van der Waals surface area contributed by atoms with Crippen LogP contribution in [0.5, 0.6) is 0 Å². The second-order valence-electron chi connectivity index (χ2n) is 5.85. The summed E-state index contributed by atoms with van der Waals surface area (Å²) >= 11 is 3.99. The summed E-state index contributed by atoms with van der Waals surface area (Å²) in [5, 5.41) is 0.449. The highest BCUT2D eigenvalue weighted by Gasteiger charge is 2.36. The van der Waals surface area contributed by atoms with Crippen LogP contribution in [0.1, 0.15) is 19.6 Å². The van der Waals surface area contributed by atoms with Crippen LogP contribution in [0.25, 0.3) is 16.3 Å². The third-order valence-electron chi connectivity index (χ3n) is 3.68. The fraction of sp³-hybridized carbons (Fsp3) is 0.167. The zero-order valence-corrected chi connectivity index (χ0v) is 16.4. The van der Waals surface area contributed by atoms with E-state index in [1.54, 1.807) is 23.5 Å². The first-order valence-corrected chi connectivity index (χ1v) is 10.4. The maximum absolute atomic E-state index is 12.3. The van der Waals surface area contributed by atoms with Crippen molar-refractivity contribution in [3.63, 3.8) is 0 Å². The average molecular weight is 403 g/mol. The smallest absolute Gasteiger partial charge is 0.293 e. The van der Waals surface area contributed by atoms with Crippen molar-refractivity contribution >= 4 is 62.3 Å². The van der Waals surface area contributed by atoms with Crippen LogP contribution in [0.3, 0.4) is 0 Å². The number of thioether (sulfide) groups is 1. The number of imide groups is 1. The summed E-state index contributed by atoms with van der Waals surface area (Å²) in [6.07, 6.45) is 1.62. The van der Waals surface area contributed by atoms with E-state index < -0.39 is 0 Å². The molecule has 0 radical (unpaired) electrons. The molecule has 0 bridgehead atoms. The number of aromatic nitrogens is 1. The third kappa shape index (κ3) is 3.32. The summed E-state index contributed by atoms with van der Waals surface area (Å²) in [7, 11) is 0. The van der Waals surface area contributed by atoms with Gasteiger partial charge in [0.1, 0.15) is 5.76 Å². The quantitative estimate of drug-likeness (QED) is 0.538. The molecule has 5 nitrogen and oxygen atoms in total. The van der Waals surface area contributed by atoms with Gasteiger partial charge in [-0.15, -0.1) is 11.3 Å². The van der Waals surface area contributed by atoms with Crippen molar-refractivity contribution in [2.75, 3.05) is 0 Å². The number of fused-ring (bicyclic) bond motifs is 1. The van der Waals surface area contributed by atoms with E-state index in [1.807, 2.05) is 44.2 Å². The SMILES string of the molecule is CC(C)N1C(=O)SC(=Cc2ccc(Sc3nc4ccccc4s3)o2)C1=O. The van der Waals surface area contributed by atoms with Gasteiger partial charge in [0.05, 0.1) is 15.1 Å². The van der Waals surface area contributed by atoms with Gasteiger partial charge in [-0.05, 0) is 61.6 Å². The number of para-hydroxylation sites is 1. The minimum atomic E-state index is -0.272. The summed E-state index contributed by atoms with van der Waals surface area (Å²) in [4.78, 5) is 30.5. The predicted molar refractivity (Wildman–Crippen MR) is 105 cm³/mol. The molecular formula is C18H14N2O3S3. The molecule has 2 aromatic heterocycles. The summed E-state index contributed by atoms with van der Waals surface area (Å²) in [5.74, 6) is 0.273. The van der Waals surface area contributed by atoms with Crippen molar-refractivity contribution in [2.45, 2.75) is 29.3 Å². The van der Waals surface area contributed by atoms with E-state index in [0.29, 0.717) is 15.8 Å². The van der Waals surface area contributed by atoms with Gasteiger partial charge >= 0.3 is 0 Å². The molecule has 0 atom stereocenters. The molecule has 1 fully saturated rings. The molecule has 1 aliphatic rings. The number of rotatable bonds is 4. The van der Waals surface area contributed by atoms with Gasteiger partial charge in [-0.2, -0.15) is 0 Å². The normalized spacial score (nSPS) is 16.6. The Morgan fingerprint density at radius 3 is 2.73 bits per heavy atom. The number of benzene rings is 1. The Bertz CT molecular complexity index is 1000. The molecule has 0 N–H and O–H groups in total. The molecule has 1 saturated heterocycles. The second-order valence-corrected chi connectivity index (χ2v) is 9.13. The number of furan rings is 1. The lowest BCUT2D eigenvalue weighted by Crippen LogP contribution is -2.34. The lowest BCUT2D eigenvalue weighted by Gasteiger charge is -2.16. The predicted octanol–water partition coefficient (Wildman–Crippen LogP) is 5.49. The molecule has 26 heavy (non-hydrogen) atoms. The Balaban J connectivity index is 1.53. The molecule has 0 saturated carbocycles. The Labute approximate surface area is 162 Å². The lowest BCUT2D eigenvalue weighted by molar-refractivity contribution is -0.123. The summed E-state index contributed by atoms with van der Waals surface area (Å²) in [5.41, 5.74) is 0.967. The fourth-order valence-electron chi connectivity index (χ4n) is 2.50. The van der Waals surface area contributed by atoms with Gasteiger partial charge in [0.2, 0.25) is 0 Å². The molecule has 1 aromatic carbocycles. The summed E-state index contributed by atoms with van der Waals surface area (Å²) in [6, 6.07) is 11.4. The summed E-state index contributed by atoms with van der Waals surface area (Å²) < 4.78 is 7.81. The monoisotopic (exact) mass is 402 g/mol. The minimum absolute atomic E-state index is 0.157. The largest absolute Gasteiger partial charge is 0.450 e. The number of amides is 2. The van der Waals surface area contributed by atoms with Crippen LogP contribution in [-0.2, 0) is 4.79 Å². The van der Waals surface area contributed by atoms with Crippen LogP contribution in [-0.4, -0.2) is 27.1 Å². The lowest BCUT2D eigenvalue weighted by atomic mass is 10.3. The number of carbonyl (C=O) groups excluding carboxylic acids is 2. The molecule has 8 heteroatoms. The maximum atomic E-state index is 12.3. The van der Waals surface area contributed by atoms with Crippen molar-refractivity contribution in [3.05, 3.63) is 47.1 Å². The molecule has 0 aliphatic carbocycles. The average Bonchev–Trinajstić information content (AvgIpc) is 3.26. The molecule has 4 rings (SSSR count). The maximum Gasteiger partial charge on any atom is 0.293 e. The number of nitrogens with zero attached hydrogens (tertiary/aromatic N) is 2. The van der Waals surface area contributed by atoms with E-state index in [0.717, 1.165) is 26.3 Å². The van der Waals surface area contributed by atoms with Gasteiger partial charge in [0, 0.05) is 12.1 Å². The van der Waals surface area contributed by atoms with Crippen molar-refractivity contribution in [2.24, 2.45) is 0 Å². The zero-order chi connectivity index (χ0) is 18.3. The van der Waals surface area contributed by atoms with Crippen molar-refractivity contribution < 1.29 is 14.0 Å². The van der Waals surface area contributed by atoms with Crippen molar-refractivity contribution in [1.29, 1.82) is 0 Å². The molecule has 3 aromatic rings. The Morgan fingerprint density at radius 2 is 2.00 bits per heavy atom. The van der Waals surface area contributed by atoms with Gasteiger partial charge in [0.25, 0.3) is 11.1 Å². The number of thiazole rings is 1. The highest BCUT2D eigenvalue weighted by atomic mass is 32.2. The number of hydrogen-bond acceptors (Lipinski definition) is 7. The van der Waals surface area contributed by atoms with Crippen LogP contribution in [0.15, 0.2) is 55.2 Å². The van der Waals surface area contributed by atoms with Gasteiger partial charge in [-0.3, -0.25) is 14.5 Å². The van der Waals surface area contributed by atoms with Crippen LogP contribution >= 0.6 is 34.9 Å². The Morgan fingerprint density at radius 1 is 1.19 bits per heavy atom. The zero-order valence-electron chi connectivity index (χ0n) is 14.0. The highest BCUT2D eigenvalue weighted by molar-refractivity contribution is 8.18. The highest BCUT2D eigenvalue weighted by Crippen LogP contribution is 2.37. The van der Waals surface area contributed by atoms with Crippen molar-refractivity contribution in [3.8, 4) is 0 Å². The first-order valence-electron chi connectivity index (χ1n) is 7.91. The van der Waals surface area contributed by atoms with E-state index in [9.17, 15) is 9.59 Å². The van der Waals surface area contributed by atoms with Gasteiger partial charge < -0.3 is 4.42 Å². The van der Waals surface area contributed by atoms with Crippen LogP contribution < -0.4 is 0 Å². The number of hydrogen-bond donors (Lipinski definition) is 0. The molecule has 132 valence electrons. The standard InChI is InChI=1S/C18H14N2O3S3/c1-10(2)20-16(21)14(25-18(20)22)9-11-7-8-15(23-11)26-17-19-12-5-3-4-6-13(12)24-17/h3-10H,1-2H3. The van der Waals surface area contributed by atoms with Gasteiger partial charge in [0.15, 0.2) is 9.43 Å². The third-order valence-corrected chi connectivity index (χ3v) is 6.58. The first kappa shape index (κ1) is 17.4. The van der Waals surface area contributed by atoms with E-state index in [4.69, 9.17) is 4.42 Å². The topological polar surface area (TPSA) is 63.4 Å². The Kier molecular flexibility index (Phi) is 4.64. The molecule has 0 spiro atoms. The van der Waals surface area contributed by atoms with E-state index in [2.05, 4.69) is 4.98 Å². The van der Waals surface area contributed by atoms with Gasteiger partial charge in [-0.25, -0.2) is 4.98 Å². The van der Waals surface area contributed by atoms with Crippen LogP contribution in [0, 0.1) is 0 Å². The van der Waals surface area contributed by atoms with Crippen LogP contribution in [0.2, 0.25) is 0 Å². The second kappa shape index (κ2) is 6.94. The van der Waals surface area contributed by atoms with Crippen molar-refractivity contribution in [1.82, 2.24) is 9.88 Å². The molecule has 0 unspecified atom stereocenters. The van der Waals surface area contributed by atoms with E-state index in [1.165, 1.54) is 16.7 Å².